The molecule has 148 valence electrons. The molecule has 1 amide bonds. The Balaban J connectivity index is 1.56. The molecule has 0 unspecified atom stereocenters. The van der Waals surface area contributed by atoms with Crippen LogP contribution in [0.4, 0.5) is 10.7 Å². The summed E-state index contributed by atoms with van der Waals surface area (Å²) in [6.45, 7) is 6.86. The summed E-state index contributed by atoms with van der Waals surface area (Å²) >= 11 is 0. The molecule has 2 heterocycles. The zero-order valence-electron chi connectivity index (χ0n) is 16.6. The van der Waals surface area contributed by atoms with E-state index >= 15 is 0 Å². The van der Waals surface area contributed by atoms with Crippen molar-refractivity contribution in [2.75, 3.05) is 18.4 Å². The second kappa shape index (κ2) is 8.20. The van der Waals surface area contributed by atoms with E-state index in [1.807, 2.05) is 20.8 Å². The van der Waals surface area contributed by atoms with Crippen LogP contribution >= 0.6 is 0 Å². The summed E-state index contributed by atoms with van der Waals surface area (Å²) < 4.78 is 11.4. The molecule has 1 N–H and O–H groups in total. The van der Waals surface area contributed by atoms with Crippen LogP contribution in [0, 0.1) is 11.3 Å². The number of nitrogens with zero attached hydrogens (tertiary/aromatic N) is 3. The summed E-state index contributed by atoms with van der Waals surface area (Å²) in [6, 6.07) is 2.30. The fraction of sp³-hybridized carbons (Fsp3) is 0.750. The van der Waals surface area contributed by atoms with Gasteiger partial charge < -0.3 is 19.4 Å². The van der Waals surface area contributed by atoms with Crippen molar-refractivity contribution in [3.8, 4) is 6.07 Å². The SMILES string of the molecule is CC(C)(C)OC(=O)N1CCC(Nc2oc(C3CCCCC3)nc2C#N)CC1. The number of rotatable bonds is 3. The van der Waals surface area contributed by atoms with Crippen LogP contribution in [0.15, 0.2) is 4.42 Å². The Bertz CT molecular complexity index is 687. The van der Waals surface area contributed by atoms with Gasteiger partial charge in [-0.15, -0.1) is 0 Å². The number of oxazole rings is 1. The molecule has 0 atom stereocenters. The van der Waals surface area contributed by atoms with Gasteiger partial charge in [-0.05, 0) is 46.5 Å². The summed E-state index contributed by atoms with van der Waals surface area (Å²) in [5, 5.41) is 12.7. The highest BCUT2D eigenvalue weighted by atomic mass is 16.6. The molecule has 1 saturated carbocycles. The molecule has 1 aromatic heterocycles. The third kappa shape index (κ3) is 5.15. The van der Waals surface area contributed by atoms with Gasteiger partial charge >= 0.3 is 6.09 Å². The van der Waals surface area contributed by atoms with E-state index in [1.165, 1.54) is 19.3 Å². The lowest BCUT2D eigenvalue weighted by Crippen LogP contribution is -2.44. The first kappa shape index (κ1) is 19.5. The maximum atomic E-state index is 12.2. The molecule has 0 spiro atoms. The van der Waals surface area contributed by atoms with Gasteiger partial charge in [0.1, 0.15) is 11.7 Å². The Hall–Kier alpha value is -2.23. The van der Waals surface area contributed by atoms with E-state index in [4.69, 9.17) is 9.15 Å². The number of nitrogens with one attached hydrogen (secondary N) is 1. The van der Waals surface area contributed by atoms with Crippen LogP contribution in [0.3, 0.4) is 0 Å². The molecule has 0 radical (unpaired) electrons. The van der Waals surface area contributed by atoms with Crippen molar-refractivity contribution in [1.82, 2.24) is 9.88 Å². The summed E-state index contributed by atoms with van der Waals surface area (Å²) in [7, 11) is 0. The fourth-order valence-corrected chi connectivity index (χ4v) is 3.75. The Labute approximate surface area is 161 Å². The number of hydrogen-bond donors (Lipinski definition) is 1. The van der Waals surface area contributed by atoms with E-state index < -0.39 is 5.60 Å². The third-order valence-electron chi connectivity index (χ3n) is 5.19. The number of carbonyl (C=O) groups is 1. The van der Waals surface area contributed by atoms with Gasteiger partial charge in [-0.25, -0.2) is 9.78 Å². The molecular formula is C20H30N4O3. The molecule has 7 heteroatoms. The number of aromatic nitrogens is 1. The van der Waals surface area contributed by atoms with Crippen molar-refractivity contribution in [2.24, 2.45) is 0 Å². The average Bonchev–Trinajstić information content (AvgIpc) is 3.04. The molecule has 1 aromatic rings. The van der Waals surface area contributed by atoms with Crippen LogP contribution in [-0.4, -0.2) is 40.7 Å². The maximum absolute atomic E-state index is 12.2. The predicted molar refractivity (Wildman–Crippen MR) is 101 cm³/mol. The van der Waals surface area contributed by atoms with Crippen molar-refractivity contribution in [3.05, 3.63) is 11.6 Å². The highest BCUT2D eigenvalue weighted by molar-refractivity contribution is 5.68. The summed E-state index contributed by atoms with van der Waals surface area (Å²) in [4.78, 5) is 18.3. The normalized spacial score (nSPS) is 19.6. The molecule has 0 aromatic carbocycles. The van der Waals surface area contributed by atoms with Crippen LogP contribution in [0.2, 0.25) is 0 Å². The number of piperidine rings is 1. The van der Waals surface area contributed by atoms with Crippen LogP contribution in [0.1, 0.15) is 83.2 Å². The van der Waals surface area contributed by atoms with Crippen molar-refractivity contribution in [2.45, 2.75) is 83.3 Å². The van der Waals surface area contributed by atoms with Gasteiger partial charge in [0.2, 0.25) is 17.5 Å². The van der Waals surface area contributed by atoms with E-state index in [9.17, 15) is 10.1 Å². The van der Waals surface area contributed by atoms with Crippen LogP contribution < -0.4 is 5.32 Å². The molecular weight excluding hydrogens is 344 g/mol. The van der Waals surface area contributed by atoms with Gasteiger partial charge in [-0.2, -0.15) is 5.26 Å². The van der Waals surface area contributed by atoms with E-state index in [-0.39, 0.29) is 12.1 Å². The first-order chi connectivity index (χ1) is 12.9. The van der Waals surface area contributed by atoms with E-state index in [0.717, 1.165) is 25.7 Å². The van der Waals surface area contributed by atoms with E-state index in [0.29, 0.717) is 36.5 Å². The van der Waals surface area contributed by atoms with Gasteiger partial charge in [0, 0.05) is 25.0 Å². The summed E-state index contributed by atoms with van der Waals surface area (Å²) in [5.74, 6) is 1.50. The zero-order chi connectivity index (χ0) is 19.4. The number of anilines is 1. The predicted octanol–water partition coefficient (Wildman–Crippen LogP) is 4.41. The number of nitriles is 1. The van der Waals surface area contributed by atoms with Gasteiger partial charge in [-0.1, -0.05) is 19.3 Å². The Morgan fingerprint density at radius 1 is 1.22 bits per heavy atom. The largest absolute Gasteiger partial charge is 0.444 e. The highest BCUT2D eigenvalue weighted by Gasteiger charge is 2.29. The Kier molecular flexibility index (Phi) is 5.93. The number of likely N-dealkylation sites (tertiary alicyclic amines) is 1. The zero-order valence-corrected chi connectivity index (χ0v) is 16.6. The maximum Gasteiger partial charge on any atom is 0.410 e. The topological polar surface area (TPSA) is 91.4 Å². The standard InChI is InChI=1S/C20H30N4O3/c1-20(2,3)27-19(25)24-11-9-15(10-12-24)22-18-16(13-21)23-17(26-18)14-7-5-4-6-8-14/h14-15,22H,4-12H2,1-3H3. The van der Waals surface area contributed by atoms with Gasteiger partial charge in [0.25, 0.3) is 0 Å². The van der Waals surface area contributed by atoms with Crippen LogP contribution in [0.5, 0.6) is 0 Å². The number of hydrogen-bond acceptors (Lipinski definition) is 6. The van der Waals surface area contributed by atoms with E-state index in [2.05, 4.69) is 16.4 Å². The Morgan fingerprint density at radius 3 is 2.48 bits per heavy atom. The van der Waals surface area contributed by atoms with Gasteiger partial charge in [0.05, 0.1) is 0 Å². The molecule has 27 heavy (non-hydrogen) atoms. The second-order valence-corrected chi connectivity index (χ2v) is 8.56. The molecule has 7 nitrogen and oxygen atoms in total. The summed E-state index contributed by atoms with van der Waals surface area (Å²) in [5.41, 5.74) is -0.145. The number of amides is 1. The number of carbonyl (C=O) groups excluding carboxylic acids is 1. The monoisotopic (exact) mass is 374 g/mol. The van der Waals surface area contributed by atoms with Gasteiger partial charge in [0.15, 0.2) is 0 Å². The summed E-state index contributed by atoms with van der Waals surface area (Å²) in [6.07, 6.45) is 7.12. The lowest BCUT2D eigenvalue weighted by atomic mass is 9.89. The van der Waals surface area contributed by atoms with Gasteiger partial charge in [-0.3, -0.25) is 0 Å². The molecule has 1 aliphatic carbocycles. The first-order valence-electron chi connectivity index (χ1n) is 10.0. The highest BCUT2D eigenvalue weighted by Crippen LogP contribution is 2.34. The minimum absolute atomic E-state index is 0.156. The van der Waals surface area contributed by atoms with Crippen molar-refractivity contribution in [1.29, 1.82) is 5.26 Å². The molecule has 1 aliphatic heterocycles. The molecule has 2 fully saturated rings. The molecule has 0 bridgehead atoms. The lowest BCUT2D eigenvalue weighted by molar-refractivity contribution is 0.0210. The smallest absolute Gasteiger partial charge is 0.410 e. The van der Waals surface area contributed by atoms with E-state index in [1.54, 1.807) is 4.90 Å². The first-order valence-corrected chi connectivity index (χ1v) is 10.0. The average molecular weight is 374 g/mol. The van der Waals surface area contributed by atoms with Crippen LogP contribution in [-0.2, 0) is 4.74 Å². The molecule has 1 saturated heterocycles. The van der Waals surface area contributed by atoms with Crippen LogP contribution in [0.25, 0.3) is 0 Å². The van der Waals surface area contributed by atoms with Crippen molar-refractivity contribution in [3.63, 3.8) is 0 Å². The minimum atomic E-state index is -0.483. The molecule has 2 aliphatic rings. The lowest BCUT2D eigenvalue weighted by Gasteiger charge is -2.33. The third-order valence-corrected chi connectivity index (χ3v) is 5.19. The molecule has 3 rings (SSSR count). The number of ether oxygens (including phenoxy) is 1. The minimum Gasteiger partial charge on any atom is -0.444 e. The van der Waals surface area contributed by atoms with Crippen molar-refractivity contribution >= 4 is 12.0 Å². The Morgan fingerprint density at radius 2 is 1.89 bits per heavy atom. The second-order valence-electron chi connectivity index (χ2n) is 8.56. The fourth-order valence-electron chi connectivity index (χ4n) is 3.75. The quantitative estimate of drug-likeness (QED) is 0.843. The van der Waals surface area contributed by atoms with Crippen molar-refractivity contribution < 1.29 is 13.9 Å².